The Hall–Kier alpha value is -2.64. The predicted molar refractivity (Wildman–Crippen MR) is 121 cm³/mol. The Kier molecular flexibility index (Phi) is 6.20. The van der Waals surface area contributed by atoms with Gasteiger partial charge in [-0.25, -0.2) is 0 Å². The van der Waals surface area contributed by atoms with Gasteiger partial charge in [0, 0.05) is 31.7 Å². The highest BCUT2D eigenvalue weighted by Crippen LogP contribution is 2.22. The molecule has 0 saturated carbocycles. The molecule has 2 amide bonds. The molecule has 3 aromatic rings. The summed E-state index contributed by atoms with van der Waals surface area (Å²) in [7, 11) is 0. The Balaban J connectivity index is 1.31. The first kappa shape index (κ1) is 20.6. The van der Waals surface area contributed by atoms with Crippen molar-refractivity contribution in [1.29, 1.82) is 0 Å². The second kappa shape index (κ2) is 9.02. The minimum absolute atomic E-state index is 0.0284. The van der Waals surface area contributed by atoms with E-state index in [0.717, 1.165) is 16.2 Å². The van der Waals surface area contributed by atoms with Crippen molar-refractivity contribution in [1.82, 2.24) is 9.80 Å². The van der Waals surface area contributed by atoms with E-state index in [1.165, 1.54) is 33.8 Å². The topological polar surface area (TPSA) is 49.9 Å². The molecule has 3 heterocycles. The molecular formula is C23H24N2O3S2. The van der Waals surface area contributed by atoms with Gasteiger partial charge in [0.2, 0.25) is 0 Å². The zero-order chi connectivity index (χ0) is 21.1. The first-order valence-corrected chi connectivity index (χ1v) is 11.7. The number of aryl methyl sites for hydroxylation is 2. The fourth-order valence-corrected chi connectivity index (χ4v) is 4.91. The molecule has 1 fully saturated rings. The third-order valence-corrected chi connectivity index (χ3v) is 7.16. The molecule has 0 spiro atoms. The molecule has 0 aliphatic carbocycles. The van der Waals surface area contributed by atoms with Crippen LogP contribution in [0.1, 0.15) is 36.0 Å². The molecule has 1 aromatic carbocycles. The van der Waals surface area contributed by atoms with Gasteiger partial charge in [0.25, 0.3) is 11.8 Å². The Bertz CT molecular complexity index is 1030. The SMILES string of the molecule is Cc1ccc(OCc2csc(C(=O)N3CCN(C(=O)c4cccs4)CC3)c2)cc1C. The van der Waals surface area contributed by atoms with Gasteiger partial charge in [0.1, 0.15) is 12.4 Å². The summed E-state index contributed by atoms with van der Waals surface area (Å²) in [5.41, 5.74) is 3.43. The predicted octanol–water partition coefficient (Wildman–Crippen LogP) is 4.60. The van der Waals surface area contributed by atoms with E-state index in [1.54, 1.807) is 0 Å². The molecule has 30 heavy (non-hydrogen) atoms. The van der Waals surface area contributed by atoms with Gasteiger partial charge in [-0.15, -0.1) is 22.7 Å². The quantitative estimate of drug-likeness (QED) is 0.582. The molecule has 0 atom stereocenters. The lowest BCUT2D eigenvalue weighted by molar-refractivity contribution is 0.0540. The van der Waals surface area contributed by atoms with Gasteiger partial charge in [-0.1, -0.05) is 12.1 Å². The summed E-state index contributed by atoms with van der Waals surface area (Å²) < 4.78 is 5.88. The second-order valence-corrected chi connectivity index (χ2v) is 9.27. The van der Waals surface area contributed by atoms with Crippen molar-refractivity contribution < 1.29 is 14.3 Å². The van der Waals surface area contributed by atoms with Crippen LogP contribution < -0.4 is 4.74 Å². The molecule has 2 aromatic heterocycles. The van der Waals surface area contributed by atoms with E-state index in [4.69, 9.17) is 4.74 Å². The Morgan fingerprint density at radius 3 is 2.23 bits per heavy atom. The minimum atomic E-state index is 0.0284. The van der Waals surface area contributed by atoms with E-state index in [2.05, 4.69) is 19.9 Å². The van der Waals surface area contributed by atoms with Gasteiger partial charge in [0.05, 0.1) is 9.75 Å². The summed E-state index contributed by atoms with van der Waals surface area (Å²) in [5, 5.41) is 3.88. The normalized spacial score (nSPS) is 14.1. The van der Waals surface area contributed by atoms with Crippen LogP contribution in [0.15, 0.2) is 47.2 Å². The van der Waals surface area contributed by atoms with Crippen molar-refractivity contribution in [2.24, 2.45) is 0 Å². The Labute approximate surface area is 184 Å². The average Bonchev–Trinajstić information content (AvgIpc) is 3.46. The third kappa shape index (κ3) is 4.57. The van der Waals surface area contributed by atoms with Crippen LogP contribution >= 0.6 is 22.7 Å². The van der Waals surface area contributed by atoms with E-state index in [0.29, 0.717) is 37.7 Å². The van der Waals surface area contributed by atoms with Crippen LogP contribution in [0, 0.1) is 13.8 Å². The number of rotatable bonds is 5. The summed E-state index contributed by atoms with van der Waals surface area (Å²) in [4.78, 5) is 30.5. The molecule has 0 N–H and O–H groups in total. The Morgan fingerprint density at radius 1 is 0.900 bits per heavy atom. The zero-order valence-electron chi connectivity index (χ0n) is 17.1. The highest BCUT2D eigenvalue weighted by Gasteiger charge is 2.26. The van der Waals surface area contributed by atoms with Gasteiger partial charge < -0.3 is 14.5 Å². The fraction of sp³-hybridized carbons (Fsp3) is 0.304. The van der Waals surface area contributed by atoms with Crippen molar-refractivity contribution in [3.8, 4) is 5.75 Å². The van der Waals surface area contributed by atoms with Gasteiger partial charge in [-0.3, -0.25) is 9.59 Å². The largest absolute Gasteiger partial charge is 0.489 e. The van der Waals surface area contributed by atoms with Crippen LogP contribution in [0.3, 0.4) is 0 Å². The molecule has 0 radical (unpaired) electrons. The lowest BCUT2D eigenvalue weighted by atomic mass is 10.1. The summed E-state index contributed by atoms with van der Waals surface area (Å²) in [6, 6.07) is 11.7. The molecule has 1 aliphatic heterocycles. The van der Waals surface area contributed by atoms with Crippen molar-refractivity contribution in [2.75, 3.05) is 26.2 Å². The lowest BCUT2D eigenvalue weighted by Gasteiger charge is -2.34. The molecule has 156 valence electrons. The van der Waals surface area contributed by atoms with Crippen molar-refractivity contribution in [3.05, 3.63) is 73.6 Å². The van der Waals surface area contributed by atoms with E-state index >= 15 is 0 Å². The molecule has 4 rings (SSSR count). The van der Waals surface area contributed by atoms with Crippen molar-refractivity contribution >= 4 is 34.5 Å². The van der Waals surface area contributed by atoms with Gasteiger partial charge in [-0.2, -0.15) is 0 Å². The van der Waals surface area contributed by atoms with Gasteiger partial charge in [0.15, 0.2) is 0 Å². The van der Waals surface area contributed by atoms with E-state index in [9.17, 15) is 9.59 Å². The van der Waals surface area contributed by atoms with Crippen molar-refractivity contribution in [2.45, 2.75) is 20.5 Å². The standard InChI is InChI=1S/C23H24N2O3S2/c1-16-5-6-19(12-17(16)2)28-14-18-13-21(30-15-18)23(27)25-9-7-24(8-10-25)22(26)20-4-3-11-29-20/h3-6,11-13,15H,7-10,14H2,1-2H3. The van der Waals surface area contributed by atoms with Crippen LogP contribution in [0.4, 0.5) is 0 Å². The molecule has 5 nitrogen and oxygen atoms in total. The number of benzene rings is 1. The number of hydrogen-bond donors (Lipinski definition) is 0. The maximum atomic E-state index is 12.9. The second-order valence-electron chi connectivity index (χ2n) is 7.42. The van der Waals surface area contributed by atoms with E-state index < -0.39 is 0 Å². The molecule has 1 saturated heterocycles. The number of ether oxygens (including phenoxy) is 1. The van der Waals surface area contributed by atoms with Crippen LogP contribution in [-0.4, -0.2) is 47.8 Å². The molecule has 0 unspecified atom stereocenters. The van der Waals surface area contributed by atoms with Crippen LogP contribution in [0.2, 0.25) is 0 Å². The number of thiophene rings is 2. The number of hydrogen-bond acceptors (Lipinski definition) is 5. The molecule has 1 aliphatic rings. The van der Waals surface area contributed by atoms with E-state index in [-0.39, 0.29) is 11.8 Å². The van der Waals surface area contributed by atoms with Crippen LogP contribution in [-0.2, 0) is 6.61 Å². The highest BCUT2D eigenvalue weighted by atomic mass is 32.1. The molecule has 0 bridgehead atoms. The number of nitrogens with zero attached hydrogens (tertiary/aromatic N) is 2. The Morgan fingerprint density at radius 2 is 1.60 bits per heavy atom. The van der Waals surface area contributed by atoms with E-state index in [1.807, 2.05) is 50.9 Å². The van der Waals surface area contributed by atoms with Crippen LogP contribution in [0.5, 0.6) is 5.75 Å². The fourth-order valence-electron chi connectivity index (χ4n) is 3.36. The summed E-state index contributed by atoms with van der Waals surface area (Å²) in [6.07, 6.45) is 0. The summed E-state index contributed by atoms with van der Waals surface area (Å²) in [5.74, 6) is 0.920. The third-order valence-electron chi connectivity index (χ3n) is 5.33. The highest BCUT2D eigenvalue weighted by molar-refractivity contribution is 7.12. The molecular weight excluding hydrogens is 416 g/mol. The lowest BCUT2D eigenvalue weighted by Crippen LogP contribution is -2.50. The van der Waals surface area contributed by atoms with Crippen LogP contribution in [0.25, 0.3) is 0 Å². The maximum Gasteiger partial charge on any atom is 0.264 e. The number of piperazine rings is 1. The summed E-state index contributed by atoms with van der Waals surface area (Å²) in [6.45, 7) is 6.83. The monoisotopic (exact) mass is 440 g/mol. The first-order valence-electron chi connectivity index (χ1n) is 9.91. The van der Waals surface area contributed by atoms with Gasteiger partial charge >= 0.3 is 0 Å². The minimum Gasteiger partial charge on any atom is -0.489 e. The smallest absolute Gasteiger partial charge is 0.264 e. The number of carbonyl (C=O) groups excluding carboxylic acids is 2. The number of carbonyl (C=O) groups is 2. The number of amides is 2. The van der Waals surface area contributed by atoms with Crippen molar-refractivity contribution in [3.63, 3.8) is 0 Å². The maximum absolute atomic E-state index is 12.9. The first-order chi connectivity index (χ1) is 14.5. The summed E-state index contributed by atoms with van der Waals surface area (Å²) >= 11 is 2.90. The average molecular weight is 441 g/mol. The van der Waals surface area contributed by atoms with Gasteiger partial charge in [-0.05, 0) is 60.0 Å². The zero-order valence-corrected chi connectivity index (χ0v) is 18.7. The molecule has 7 heteroatoms.